The molecule has 1 amide bonds. The number of nitrogens with zero attached hydrogens (tertiary/aromatic N) is 1. The molecule has 0 aromatic rings. The molecular formula is C9H13NO5. The second-order valence-corrected chi connectivity index (χ2v) is 2.44. The summed E-state index contributed by atoms with van der Waals surface area (Å²) >= 11 is 0. The first kappa shape index (κ1) is 13.3. The average molecular weight is 215 g/mol. The highest BCUT2D eigenvalue weighted by molar-refractivity contribution is 6.42. The first-order valence-corrected chi connectivity index (χ1v) is 4.46. The van der Waals surface area contributed by atoms with Gasteiger partial charge in [0, 0.05) is 0 Å². The van der Waals surface area contributed by atoms with Crippen LogP contribution in [0.2, 0.25) is 0 Å². The zero-order valence-electron chi connectivity index (χ0n) is 8.90. The third-order valence-corrected chi connectivity index (χ3v) is 1.29. The molecule has 0 unspecified atom stereocenters. The summed E-state index contributed by atoms with van der Waals surface area (Å²) in [5.74, 6) is -2.92. The van der Waals surface area contributed by atoms with Gasteiger partial charge in [0.15, 0.2) is 0 Å². The maximum absolute atomic E-state index is 11.0. The molecule has 0 aromatic heterocycles. The van der Waals surface area contributed by atoms with Crippen molar-refractivity contribution < 1.29 is 23.9 Å². The molecule has 0 rings (SSSR count). The van der Waals surface area contributed by atoms with E-state index in [1.54, 1.807) is 13.8 Å². The lowest BCUT2D eigenvalue weighted by atomic mass is 10.4. The average Bonchev–Trinajstić information content (AvgIpc) is 2.18. The van der Waals surface area contributed by atoms with E-state index in [-0.39, 0.29) is 18.9 Å². The highest BCUT2D eigenvalue weighted by Gasteiger charge is 2.16. The molecule has 0 radical (unpaired) electrons. The molecule has 0 fully saturated rings. The van der Waals surface area contributed by atoms with Crippen molar-refractivity contribution in [2.45, 2.75) is 20.8 Å². The third-order valence-electron chi connectivity index (χ3n) is 1.29. The third kappa shape index (κ3) is 4.90. The molecular weight excluding hydrogens is 202 g/mol. The van der Waals surface area contributed by atoms with Crippen molar-refractivity contribution in [3.05, 3.63) is 0 Å². The van der Waals surface area contributed by atoms with Gasteiger partial charge < -0.3 is 9.47 Å². The van der Waals surface area contributed by atoms with Gasteiger partial charge >= 0.3 is 17.8 Å². The Labute approximate surface area is 87.3 Å². The van der Waals surface area contributed by atoms with Gasteiger partial charge in [0.1, 0.15) is 5.71 Å². The van der Waals surface area contributed by atoms with Gasteiger partial charge in [0.05, 0.1) is 13.2 Å². The monoisotopic (exact) mass is 215 g/mol. The highest BCUT2D eigenvalue weighted by Crippen LogP contribution is 1.89. The maximum Gasteiger partial charge on any atom is 0.399 e. The van der Waals surface area contributed by atoms with E-state index in [1.807, 2.05) is 0 Å². The van der Waals surface area contributed by atoms with Crippen LogP contribution in [-0.2, 0) is 23.9 Å². The lowest BCUT2D eigenvalue weighted by Gasteiger charge is -2.00. The second-order valence-electron chi connectivity index (χ2n) is 2.44. The van der Waals surface area contributed by atoms with Crippen LogP contribution in [0.1, 0.15) is 20.8 Å². The summed E-state index contributed by atoms with van der Waals surface area (Å²) in [5, 5.41) is 0. The summed E-state index contributed by atoms with van der Waals surface area (Å²) < 4.78 is 8.97. The van der Waals surface area contributed by atoms with Crippen molar-refractivity contribution in [1.29, 1.82) is 0 Å². The molecule has 6 nitrogen and oxygen atoms in total. The summed E-state index contributed by atoms with van der Waals surface area (Å²) in [4.78, 5) is 36.1. The van der Waals surface area contributed by atoms with Crippen LogP contribution in [0.15, 0.2) is 4.99 Å². The number of carbonyl (C=O) groups excluding carboxylic acids is 3. The Morgan fingerprint density at radius 2 is 1.47 bits per heavy atom. The lowest BCUT2D eigenvalue weighted by molar-refractivity contribution is -0.152. The first-order valence-electron chi connectivity index (χ1n) is 4.46. The number of rotatable bonds is 3. The van der Waals surface area contributed by atoms with E-state index in [0.717, 1.165) is 0 Å². The Morgan fingerprint density at radius 3 is 1.93 bits per heavy atom. The van der Waals surface area contributed by atoms with Gasteiger partial charge in [-0.2, -0.15) is 0 Å². The fraction of sp³-hybridized carbons (Fsp3) is 0.556. The van der Waals surface area contributed by atoms with E-state index in [4.69, 9.17) is 0 Å². The van der Waals surface area contributed by atoms with Gasteiger partial charge in [0.25, 0.3) is 0 Å². The largest absolute Gasteiger partial charge is 0.462 e. The fourth-order valence-electron chi connectivity index (χ4n) is 0.672. The molecule has 84 valence electrons. The summed E-state index contributed by atoms with van der Waals surface area (Å²) in [7, 11) is 0. The predicted octanol–water partition coefficient (Wildman–Crippen LogP) is 0.100. The van der Waals surface area contributed by atoms with Gasteiger partial charge in [0.2, 0.25) is 0 Å². The zero-order chi connectivity index (χ0) is 11.8. The van der Waals surface area contributed by atoms with E-state index in [2.05, 4.69) is 14.5 Å². The summed E-state index contributed by atoms with van der Waals surface area (Å²) in [6, 6.07) is 0. The molecule has 0 saturated carbocycles. The van der Waals surface area contributed by atoms with Gasteiger partial charge in [-0.15, -0.1) is 0 Å². The standard InChI is InChI=1S/C9H13NO5/c1-4-14-8(12)6(3)10-7(11)9(13)15-5-2/h4-5H2,1-3H3. The Kier molecular flexibility index (Phi) is 5.92. The zero-order valence-corrected chi connectivity index (χ0v) is 8.90. The molecule has 0 spiro atoms. The smallest absolute Gasteiger partial charge is 0.399 e. The van der Waals surface area contributed by atoms with E-state index in [9.17, 15) is 14.4 Å². The number of hydrogen-bond acceptors (Lipinski definition) is 5. The molecule has 0 N–H and O–H groups in total. The van der Waals surface area contributed by atoms with Crippen LogP contribution >= 0.6 is 0 Å². The molecule has 0 saturated heterocycles. The number of carbonyl (C=O) groups is 3. The molecule has 0 atom stereocenters. The number of esters is 2. The Hall–Kier alpha value is -1.72. The predicted molar refractivity (Wildman–Crippen MR) is 51.4 cm³/mol. The summed E-state index contributed by atoms with van der Waals surface area (Å²) in [6.45, 7) is 4.73. The molecule has 0 aromatic carbocycles. The normalized spacial score (nSPS) is 10.7. The molecule has 0 bridgehead atoms. The Bertz CT molecular complexity index is 295. The number of hydrogen-bond donors (Lipinski definition) is 0. The SMILES string of the molecule is CCOC(=O)C(=O)N=C(C)C(=O)OCC. The minimum Gasteiger partial charge on any atom is -0.462 e. The minimum absolute atomic E-state index is 0.0819. The lowest BCUT2D eigenvalue weighted by Crippen LogP contribution is -2.20. The highest BCUT2D eigenvalue weighted by atomic mass is 16.5. The van der Waals surface area contributed by atoms with Gasteiger partial charge in [-0.25, -0.2) is 14.6 Å². The van der Waals surface area contributed by atoms with Crippen molar-refractivity contribution in [1.82, 2.24) is 0 Å². The van der Waals surface area contributed by atoms with Gasteiger partial charge in [-0.05, 0) is 20.8 Å². The number of aliphatic imine (C=N–C) groups is 1. The molecule has 0 aliphatic rings. The number of ether oxygens (including phenoxy) is 2. The van der Waals surface area contributed by atoms with E-state index < -0.39 is 17.8 Å². The Balaban J connectivity index is 4.41. The molecule has 0 aliphatic heterocycles. The summed E-state index contributed by atoms with van der Waals surface area (Å²) in [6.07, 6.45) is 0. The van der Waals surface area contributed by atoms with E-state index in [1.165, 1.54) is 6.92 Å². The van der Waals surface area contributed by atoms with E-state index in [0.29, 0.717) is 0 Å². The molecule has 15 heavy (non-hydrogen) atoms. The van der Waals surface area contributed by atoms with Crippen molar-refractivity contribution in [3.63, 3.8) is 0 Å². The van der Waals surface area contributed by atoms with Crippen molar-refractivity contribution in [3.8, 4) is 0 Å². The van der Waals surface area contributed by atoms with Crippen LogP contribution in [0, 0.1) is 0 Å². The number of amides is 1. The van der Waals surface area contributed by atoms with Crippen molar-refractivity contribution in [2.75, 3.05) is 13.2 Å². The fourth-order valence-corrected chi connectivity index (χ4v) is 0.672. The second kappa shape index (κ2) is 6.69. The summed E-state index contributed by atoms with van der Waals surface area (Å²) in [5.41, 5.74) is -0.171. The molecule has 0 aliphatic carbocycles. The van der Waals surface area contributed by atoms with Crippen LogP contribution in [0.25, 0.3) is 0 Å². The van der Waals surface area contributed by atoms with Crippen LogP contribution in [0.3, 0.4) is 0 Å². The Morgan fingerprint density at radius 1 is 1.00 bits per heavy atom. The quantitative estimate of drug-likeness (QED) is 0.379. The van der Waals surface area contributed by atoms with Crippen molar-refractivity contribution >= 4 is 23.6 Å². The van der Waals surface area contributed by atoms with Crippen molar-refractivity contribution in [2.24, 2.45) is 4.99 Å². The van der Waals surface area contributed by atoms with Crippen LogP contribution in [0.5, 0.6) is 0 Å². The molecule has 0 heterocycles. The topological polar surface area (TPSA) is 82.0 Å². The van der Waals surface area contributed by atoms with Gasteiger partial charge in [-0.1, -0.05) is 0 Å². The first-order chi connectivity index (χ1) is 7.02. The van der Waals surface area contributed by atoms with Gasteiger partial charge in [-0.3, -0.25) is 4.79 Å². The minimum atomic E-state index is -1.11. The maximum atomic E-state index is 11.0. The van der Waals surface area contributed by atoms with Crippen LogP contribution in [0.4, 0.5) is 0 Å². The van der Waals surface area contributed by atoms with Crippen LogP contribution < -0.4 is 0 Å². The van der Waals surface area contributed by atoms with Crippen LogP contribution in [-0.4, -0.2) is 36.8 Å². The van der Waals surface area contributed by atoms with E-state index >= 15 is 0 Å². The molecule has 6 heteroatoms.